The van der Waals surface area contributed by atoms with Gasteiger partial charge >= 0.3 is 0 Å². The van der Waals surface area contributed by atoms with Gasteiger partial charge in [0.25, 0.3) is 0 Å². The van der Waals surface area contributed by atoms with Crippen molar-refractivity contribution in [2.45, 2.75) is 6.54 Å². The standard InChI is InChI=1S/C15H11ClFN3/c16-12-6-5-10(17)7-15(12)19-9-11-8-18-13-3-1-2-4-14(13)20-11/h1-8,19H,9H2. The molecule has 0 atom stereocenters. The average molecular weight is 288 g/mol. The second-order valence-electron chi connectivity index (χ2n) is 4.33. The number of nitrogens with one attached hydrogen (secondary N) is 1. The molecule has 1 N–H and O–H groups in total. The highest BCUT2D eigenvalue weighted by Gasteiger charge is 2.03. The molecule has 0 spiro atoms. The van der Waals surface area contributed by atoms with Gasteiger partial charge in [-0.3, -0.25) is 4.98 Å². The van der Waals surface area contributed by atoms with E-state index >= 15 is 0 Å². The highest BCUT2D eigenvalue weighted by atomic mass is 35.5. The number of nitrogens with zero attached hydrogens (tertiary/aromatic N) is 2. The number of para-hydroxylation sites is 2. The third-order valence-electron chi connectivity index (χ3n) is 2.89. The fourth-order valence-corrected chi connectivity index (χ4v) is 2.08. The van der Waals surface area contributed by atoms with Crippen LogP contribution in [0.3, 0.4) is 0 Å². The summed E-state index contributed by atoms with van der Waals surface area (Å²) in [7, 11) is 0. The molecular weight excluding hydrogens is 277 g/mol. The van der Waals surface area contributed by atoms with Gasteiger partial charge < -0.3 is 5.32 Å². The second kappa shape index (κ2) is 5.43. The van der Waals surface area contributed by atoms with Gasteiger partial charge in [-0.2, -0.15) is 0 Å². The van der Waals surface area contributed by atoms with E-state index in [0.29, 0.717) is 17.3 Å². The van der Waals surface area contributed by atoms with Crippen LogP contribution in [0.4, 0.5) is 10.1 Å². The molecule has 3 nitrogen and oxygen atoms in total. The van der Waals surface area contributed by atoms with Gasteiger partial charge in [-0.25, -0.2) is 9.37 Å². The zero-order valence-corrected chi connectivity index (χ0v) is 11.2. The summed E-state index contributed by atoms with van der Waals surface area (Å²) >= 11 is 5.99. The fourth-order valence-electron chi connectivity index (χ4n) is 1.90. The van der Waals surface area contributed by atoms with E-state index in [2.05, 4.69) is 15.3 Å². The molecule has 0 aliphatic rings. The topological polar surface area (TPSA) is 37.8 Å². The quantitative estimate of drug-likeness (QED) is 0.790. The van der Waals surface area contributed by atoms with E-state index in [1.165, 1.54) is 18.2 Å². The molecule has 0 fully saturated rings. The summed E-state index contributed by atoms with van der Waals surface area (Å²) in [6.07, 6.45) is 1.70. The van der Waals surface area contributed by atoms with Crippen LogP contribution in [-0.4, -0.2) is 9.97 Å². The predicted octanol–water partition coefficient (Wildman–Crippen LogP) is 4.03. The minimum absolute atomic E-state index is 0.332. The summed E-state index contributed by atoms with van der Waals surface area (Å²) in [5.74, 6) is -0.332. The molecule has 0 saturated heterocycles. The van der Waals surface area contributed by atoms with Gasteiger partial charge in [0, 0.05) is 0 Å². The third-order valence-corrected chi connectivity index (χ3v) is 3.22. The maximum Gasteiger partial charge on any atom is 0.125 e. The third kappa shape index (κ3) is 2.70. The van der Waals surface area contributed by atoms with E-state index in [0.717, 1.165) is 16.7 Å². The number of anilines is 1. The van der Waals surface area contributed by atoms with Crippen molar-refractivity contribution in [1.82, 2.24) is 9.97 Å². The van der Waals surface area contributed by atoms with Crippen molar-refractivity contribution in [3.63, 3.8) is 0 Å². The molecule has 0 aliphatic heterocycles. The first-order chi connectivity index (χ1) is 9.72. The van der Waals surface area contributed by atoms with Crippen LogP contribution in [-0.2, 0) is 6.54 Å². The minimum Gasteiger partial charge on any atom is -0.378 e. The molecular formula is C15H11ClFN3. The Morgan fingerprint density at radius 1 is 1.10 bits per heavy atom. The smallest absolute Gasteiger partial charge is 0.125 e. The molecule has 20 heavy (non-hydrogen) atoms. The van der Waals surface area contributed by atoms with Crippen LogP contribution in [0.5, 0.6) is 0 Å². The zero-order chi connectivity index (χ0) is 13.9. The predicted molar refractivity (Wildman–Crippen MR) is 78.3 cm³/mol. The largest absolute Gasteiger partial charge is 0.378 e. The molecule has 0 saturated carbocycles. The lowest BCUT2D eigenvalue weighted by Gasteiger charge is -2.08. The van der Waals surface area contributed by atoms with Gasteiger partial charge in [-0.15, -0.1) is 0 Å². The van der Waals surface area contributed by atoms with Crippen LogP contribution in [0.15, 0.2) is 48.7 Å². The SMILES string of the molecule is Fc1ccc(Cl)c(NCc2cnc3ccccc3n2)c1. The minimum atomic E-state index is -0.332. The van der Waals surface area contributed by atoms with E-state index in [-0.39, 0.29) is 5.82 Å². The molecule has 100 valence electrons. The summed E-state index contributed by atoms with van der Waals surface area (Å²) < 4.78 is 13.2. The monoisotopic (exact) mass is 287 g/mol. The molecule has 3 aromatic rings. The van der Waals surface area contributed by atoms with Gasteiger partial charge in [0.1, 0.15) is 5.82 Å². The molecule has 3 rings (SSSR count). The van der Waals surface area contributed by atoms with E-state index in [4.69, 9.17) is 11.6 Å². The molecule has 0 unspecified atom stereocenters. The first kappa shape index (κ1) is 12.8. The molecule has 0 amide bonds. The first-order valence-electron chi connectivity index (χ1n) is 6.12. The maximum absolute atomic E-state index is 13.2. The summed E-state index contributed by atoms with van der Waals surface area (Å²) in [4.78, 5) is 8.80. The summed E-state index contributed by atoms with van der Waals surface area (Å²) in [5, 5.41) is 3.53. The van der Waals surface area contributed by atoms with Gasteiger partial charge in [-0.05, 0) is 30.3 Å². The lowest BCUT2D eigenvalue weighted by Crippen LogP contribution is -2.03. The molecule has 1 aromatic heterocycles. The van der Waals surface area contributed by atoms with Gasteiger partial charge in [0.2, 0.25) is 0 Å². The van der Waals surface area contributed by atoms with Crippen molar-refractivity contribution in [2.75, 3.05) is 5.32 Å². The van der Waals surface area contributed by atoms with Crippen LogP contribution in [0.25, 0.3) is 11.0 Å². The van der Waals surface area contributed by atoms with Crippen molar-refractivity contribution < 1.29 is 4.39 Å². The molecule has 0 aliphatic carbocycles. The van der Waals surface area contributed by atoms with Crippen LogP contribution < -0.4 is 5.32 Å². The molecule has 0 radical (unpaired) electrons. The van der Waals surface area contributed by atoms with Crippen LogP contribution in [0, 0.1) is 5.82 Å². The average Bonchev–Trinajstić information content (AvgIpc) is 2.48. The number of aromatic nitrogens is 2. The Kier molecular flexibility index (Phi) is 3.48. The zero-order valence-electron chi connectivity index (χ0n) is 10.5. The number of fused-ring (bicyclic) bond motifs is 1. The number of halogens is 2. The van der Waals surface area contributed by atoms with E-state index < -0.39 is 0 Å². The molecule has 2 aromatic carbocycles. The Morgan fingerprint density at radius 2 is 1.90 bits per heavy atom. The Hall–Kier alpha value is -2.20. The van der Waals surface area contributed by atoms with E-state index in [1.54, 1.807) is 6.20 Å². The lowest BCUT2D eigenvalue weighted by molar-refractivity contribution is 0.628. The van der Waals surface area contributed by atoms with Crippen molar-refractivity contribution in [1.29, 1.82) is 0 Å². The Labute approximate surface area is 120 Å². The highest BCUT2D eigenvalue weighted by molar-refractivity contribution is 6.33. The maximum atomic E-state index is 13.2. The summed E-state index contributed by atoms with van der Waals surface area (Å²) in [5.41, 5.74) is 2.99. The van der Waals surface area contributed by atoms with Crippen LogP contribution in [0.2, 0.25) is 5.02 Å². The Balaban J connectivity index is 1.81. The van der Waals surface area contributed by atoms with Crippen molar-refractivity contribution in [2.24, 2.45) is 0 Å². The number of benzene rings is 2. The Bertz CT molecular complexity index is 761. The fraction of sp³-hybridized carbons (Fsp3) is 0.0667. The molecule has 0 bridgehead atoms. The van der Waals surface area contributed by atoms with Crippen LogP contribution in [0.1, 0.15) is 5.69 Å². The lowest BCUT2D eigenvalue weighted by atomic mass is 10.3. The van der Waals surface area contributed by atoms with Crippen molar-refractivity contribution in [3.8, 4) is 0 Å². The summed E-state index contributed by atoms with van der Waals surface area (Å²) in [6, 6.07) is 11.8. The van der Waals surface area contributed by atoms with Gasteiger partial charge in [-0.1, -0.05) is 23.7 Å². The first-order valence-corrected chi connectivity index (χ1v) is 6.50. The second-order valence-corrected chi connectivity index (χ2v) is 4.73. The van der Waals surface area contributed by atoms with Crippen molar-refractivity contribution >= 4 is 28.3 Å². The van der Waals surface area contributed by atoms with Gasteiger partial charge in [0.05, 0.1) is 40.2 Å². The molecule has 1 heterocycles. The number of hydrogen-bond donors (Lipinski definition) is 1. The summed E-state index contributed by atoms with van der Waals surface area (Å²) in [6.45, 7) is 0.432. The normalized spacial score (nSPS) is 10.7. The molecule has 5 heteroatoms. The van der Waals surface area contributed by atoms with Crippen LogP contribution >= 0.6 is 11.6 Å². The Morgan fingerprint density at radius 3 is 2.75 bits per heavy atom. The highest BCUT2D eigenvalue weighted by Crippen LogP contribution is 2.22. The number of hydrogen-bond acceptors (Lipinski definition) is 3. The van der Waals surface area contributed by atoms with E-state index in [9.17, 15) is 4.39 Å². The van der Waals surface area contributed by atoms with Crippen molar-refractivity contribution in [3.05, 3.63) is 65.2 Å². The van der Waals surface area contributed by atoms with Gasteiger partial charge in [0.15, 0.2) is 0 Å². The number of rotatable bonds is 3. The van der Waals surface area contributed by atoms with E-state index in [1.807, 2.05) is 24.3 Å².